The van der Waals surface area contributed by atoms with Crippen molar-refractivity contribution in [2.45, 2.75) is 65.1 Å². The number of halogens is 2. The van der Waals surface area contributed by atoms with E-state index in [1.54, 1.807) is 17.0 Å². The summed E-state index contributed by atoms with van der Waals surface area (Å²) < 4.78 is 0. The molecular weight excluding hydrogens is 491 g/mol. The predicted molar refractivity (Wildman–Crippen MR) is 148 cm³/mol. The van der Waals surface area contributed by atoms with Gasteiger partial charge in [0.2, 0.25) is 11.8 Å². The van der Waals surface area contributed by atoms with E-state index < -0.39 is 6.04 Å². The molecule has 0 aliphatic rings. The average Bonchev–Trinajstić information content (AvgIpc) is 2.87. The van der Waals surface area contributed by atoms with E-state index in [2.05, 4.69) is 5.32 Å². The molecule has 0 radical (unpaired) electrons. The Hall–Kier alpha value is -2.82. The summed E-state index contributed by atoms with van der Waals surface area (Å²) in [6.07, 6.45) is 2.09. The second-order valence-electron chi connectivity index (χ2n) is 9.27. The monoisotopic (exact) mass is 524 g/mol. The van der Waals surface area contributed by atoms with Gasteiger partial charge < -0.3 is 10.2 Å². The standard InChI is InChI=1S/C30H34Cl2N2O2/c1-4-22(3)33-30(36)28(18-24-8-6-5-7-9-24)34(20-25-15-16-26(31)19-27(25)32)29(35)17-14-23-12-10-21(2)11-13-23/h5-13,15-16,19,22,28H,4,14,17-18,20H2,1-3H3,(H,33,36)/t22-,28+/m1/s1. The molecule has 0 spiro atoms. The zero-order valence-corrected chi connectivity index (χ0v) is 22.6. The maximum absolute atomic E-state index is 13.7. The number of nitrogens with one attached hydrogen (secondary N) is 1. The lowest BCUT2D eigenvalue weighted by atomic mass is 10.0. The Morgan fingerprint density at radius 3 is 2.28 bits per heavy atom. The Balaban J connectivity index is 1.93. The molecule has 0 fully saturated rings. The van der Waals surface area contributed by atoms with Gasteiger partial charge in [-0.25, -0.2) is 0 Å². The lowest BCUT2D eigenvalue weighted by molar-refractivity contribution is -0.141. The SMILES string of the molecule is CC[C@@H](C)NC(=O)[C@H](Cc1ccccc1)N(Cc1ccc(Cl)cc1Cl)C(=O)CCc1ccc(C)cc1. The Labute approximate surface area is 224 Å². The lowest BCUT2D eigenvalue weighted by Crippen LogP contribution is -2.52. The molecule has 3 aromatic rings. The van der Waals surface area contributed by atoms with E-state index in [1.807, 2.05) is 81.4 Å². The van der Waals surface area contributed by atoms with Gasteiger partial charge in [-0.2, -0.15) is 0 Å². The number of nitrogens with zero attached hydrogens (tertiary/aromatic N) is 1. The van der Waals surface area contributed by atoms with Crippen LogP contribution in [0.5, 0.6) is 0 Å². The molecule has 0 heterocycles. The molecule has 2 atom stereocenters. The zero-order chi connectivity index (χ0) is 26.1. The quantitative estimate of drug-likeness (QED) is 0.300. The van der Waals surface area contributed by atoms with Crippen molar-refractivity contribution < 1.29 is 9.59 Å². The molecule has 0 saturated heterocycles. The van der Waals surface area contributed by atoms with Crippen molar-refractivity contribution in [2.24, 2.45) is 0 Å². The van der Waals surface area contributed by atoms with E-state index in [0.717, 1.165) is 23.1 Å². The molecule has 0 saturated carbocycles. The average molecular weight is 526 g/mol. The third kappa shape index (κ3) is 8.11. The fourth-order valence-electron chi connectivity index (χ4n) is 3.98. The third-order valence-electron chi connectivity index (χ3n) is 6.38. The largest absolute Gasteiger partial charge is 0.352 e. The molecule has 1 N–H and O–H groups in total. The zero-order valence-electron chi connectivity index (χ0n) is 21.1. The van der Waals surface area contributed by atoms with Gasteiger partial charge in [0, 0.05) is 35.5 Å². The summed E-state index contributed by atoms with van der Waals surface area (Å²) in [6, 6.07) is 22.5. The number of aryl methyl sites for hydroxylation is 2. The van der Waals surface area contributed by atoms with Gasteiger partial charge in [0.1, 0.15) is 6.04 Å². The first kappa shape index (κ1) is 27.8. The number of rotatable bonds is 11. The number of carbonyl (C=O) groups is 2. The molecule has 6 heteroatoms. The maximum atomic E-state index is 13.7. The Kier molecular flexibility index (Phi) is 10.4. The van der Waals surface area contributed by atoms with Crippen LogP contribution in [0.3, 0.4) is 0 Å². The molecule has 190 valence electrons. The van der Waals surface area contributed by atoms with E-state index in [9.17, 15) is 9.59 Å². The van der Waals surface area contributed by atoms with Gasteiger partial charge in [-0.15, -0.1) is 0 Å². The van der Waals surface area contributed by atoms with E-state index in [4.69, 9.17) is 23.2 Å². The van der Waals surface area contributed by atoms with Gasteiger partial charge in [-0.1, -0.05) is 96.4 Å². The lowest BCUT2D eigenvalue weighted by Gasteiger charge is -2.32. The fourth-order valence-corrected chi connectivity index (χ4v) is 4.45. The number of hydrogen-bond acceptors (Lipinski definition) is 2. The van der Waals surface area contributed by atoms with Crippen LogP contribution in [0.1, 0.15) is 48.9 Å². The minimum Gasteiger partial charge on any atom is -0.352 e. The summed E-state index contributed by atoms with van der Waals surface area (Å²) in [5.41, 5.74) is 4.00. The van der Waals surface area contributed by atoms with Crippen LogP contribution in [0.25, 0.3) is 0 Å². The molecule has 4 nitrogen and oxygen atoms in total. The number of amides is 2. The van der Waals surface area contributed by atoms with Crippen molar-refractivity contribution in [3.63, 3.8) is 0 Å². The molecule has 0 unspecified atom stereocenters. The van der Waals surface area contributed by atoms with Gasteiger partial charge in [0.05, 0.1) is 0 Å². The minimum absolute atomic E-state index is 0.000552. The highest BCUT2D eigenvalue weighted by atomic mass is 35.5. The van der Waals surface area contributed by atoms with Crippen LogP contribution in [0.2, 0.25) is 10.0 Å². The second-order valence-corrected chi connectivity index (χ2v) is 10.1. The summed E-state index contributed by atoms with van der Waals surface area (Å²) in [6.45, 7) is 6.25. The molecule has 0 aliphatic heterocycles. The fraction of sp³-hybridized carbons (Fsp3) is 0.333. The first-order valence-corrected chi connectivity index (χ1v) is 13.2. The van der Waals surface area contributed by atoms with Gasteiger partial charge in [0.25, 0.3) is 0 Å². The number of benzene rings is 3. The topological polar surface area (TPSA) is 49.4 Å². The molecule has 0 aromatic heterocycles. The van der Waals surface area contributed by atoms with Gasteiger partial charge >= 0.3 is 0 Å². The first-order valence-electron chi connectivity index (χ1n) is 12.4. The van der Waals surface area contributed by atoms with Crippen molar-refractivity contribution >= 4 is 35.0 Å². The Bertz CT molecular complexity index is 1150. The van der Waals surface area contributed by atoms with Crippen molar-refractivity contribution in [1.82, 2.24) is 10.2 Å². The molecule has 0 bridgehead atoms. The molecule has 2 amide bonds. The highest BCUT2D eigenvalue weighted by Crippen LogP contribution is 2.25. The first-order chi connectivity index (χ1) is 17.3. The Morgan fingerprint density at radius 2 is 1.64 bits per heavy atom. The van der Waals surface area contributed by atoms with E-state index in [1.165, 1.54) is 5.56 Å². The second kappa shape index (κ2) is 13.5. The number of carbonyl (C=O) groups excluding carboxylic acids is 2. The van der Waals surface area contributed by atoms with Crippen LogP contribution >= 0.6 is 23.2 Å². The van der Waals surface area contributed by atoms with Crippen LogP contribution in [-0.4, -0.2) is 28.8 Å². The predicted octanol–water partition coefficient (Wildman–Crippen LogP) is 6.79. The van der Waals surface area contributed by atoms with Gasteiger partial charge in [0.15, 0.2) is 0 Å². The molecule has 3 aromatic carbocycles. The molecule has 0 aliphatic carbocycles. The summed E-state index contributed by atoms with van der Waals surface area (Å²) >= 11 is 12.6. The maximum Gasteiger partial charge on any atom is 0.243 e. The molecule has 3 rings (SSSR count). The van der Waals surface area contributed by atoms with E-state index in [-0.39, 0.29) is 30.8 Å². The van der Waals surface area contributed by atoms with Crippen LogP contribution in [0, 0.1) is 6.92 Å². The third-order valence-corrected chi connectivity index (χ3v) is 6.96. The van der Waals surface area contributed by atoms with E-state index >= 15 is 0 Å². The summed E-state index contributed by atoms with van der Waals surface area (Å²) in [7, 11) is 0. The van der Waals surface area contributed by atoms with Crippen molar-refractivity contribution in [1.29, 1.82) is 0 Å². The van der Waals surface area contributed by atoms with Gasteiger partial charge in [-0.3, -0.25) is 9.59 Å². The molecule has 36 heavy (non-hydrogen) atoms. The summed E-state index contributed by atoms with van der Waals surface area (Å²) in [5, 5.41) is 4.08. The normalized spacial score (nSPS) is 12.6. The van der Waals surface area contributed by atoms with E-state index in [0.29, 0.717) is 22.9 Å². The van der Waals surface area contributed by atoms with Crippen molar-refractivity contribution in [3.8, 4) is 0 Å². The van der Waals surface area contributed by atoms with Crippen molar-refractivity contribution in [3.05, 3.63) is 105 Å². The summed E-state index contributed by atoms with van der Waals surface area (Å²) in [5.74, 6) is -0.260. The van der Waals surface area contributed by atoms with Crippen molar-refractivity contribution in [2.75, 3.05) is 0 Å². The highest BCUT2D eigenvalue weighted by Gasteiger charge is 2.31. The number of hydrogen-bond donors (Lipinski definition) is 1. The highest BCUT2D eigenvalue weighted by molar-refractivity contribution is 6.35. The van der Waals surface area contributed by atoms with Gasteiger partial charge in [-0.05, 0) is 55.5 Å². The Morgan fingerprint density at radius 1 is 0.944 bits per heavy atom. The van der Waals surface area contributed by atoms with Crippen LogP contribution in [0.15, 0.2) is 72.8 Å². The molecular formula is C30H34Cl2N2O2. The summed E-state index contributed by atoms with van der Waals surface area (Å²) in [4.78, 5) is 29.0. The minimum atomic E-state index is -0.682. The van der Waals surface area contributed by atoms with Crippen LogP contribution in [0.4, 0.5) is 0 Å². The smallest absolute Gasteiger partial charge is 0.243 e. The van der Waals surface area contributed by atoms with Crippen LogP contribution < -0.4 is 5.32 Å². The van der Waals surface area contributed by atoms with Crippen LogP contribution in [-0.2, 0) is 29.0 Å².